The molecule has 1 fully saturated rings. The summed E-state index contributed by atoms with van der Waals surface area (Å²) >= 11 is 5.83. The number of ether oxygens (including phenoxy) is 1. The Morgan fingerprint density at radius 3 is 2.94 bits per heavy atom. The van der Waals surface area contributed by atoms with E-state index in [1.165, 1.54) is 12.8 Å². The molecule has 5 heteroatoms. The largest absolute Gasteiger partial charge is 0.484 e. The van der Waals surface area contributed by atoms with Crippen LogP contribution >= 0.6 is 11.6 Å². The molecular weight excluding hydrogens is 240 g/mol. The molecule has 0 radical (unpaired) electrons. The maximum atomic E-state index is 11.4. The van der Waals surface area contributed by atoms with Crippen molar-refractivity contribution >= 4 is 23.2 Å². The van der Waals surface area contributed by atoms with Crippen LogP contribution in [0.3, 0.4) is 0 Å². The zero-order chi connectivity index (χ0) is 12.3. The number of carbonyl (C=O) groups is 1. The van der Waals surface area contributed by atoms with Gasteiger partial charge in [-0.2, -0.15) is 0 Å². The van der Waals surface area contributed by atoms with Crippen LogP contribution < -0.4 is 15.8 Å². The van der Waals surface area contributed by atoms with Crippen molar-refractivity contribution in [3.8, 4) is 5.75 Å². The quantitative estimate of drug-likeness (QED) is 0.788. The van der Waals surface area contributed by atoms with Crippen molar-refractivity contribution in [2.24, 2.45) is 5.92 Å². The van der Waals surface area contributed by atoms with Gasteiger partial charge in [0.05, 0.1) is 10.7 Å². The highest BCUT2D eigenvalue weighted by Gasteiger charge is 2.21. The summed E-state index contributed by atoms with van der Waals surface area (Å²) in [5, 5.41) is 3.25. The smallest absolute Gasteiger partial charge is 0.257 e. The lowest BCUT2D eigenvalue weighted by Crippen LogP contribution is -2.30. The third-order valence-electron chi connectivity index (χ3n) is 2.63. The number of nitrogen functional groups attached to an aromatic ring is 1. The van der Waals surface area contributed by atoms with E-state index < -0.39 is 0 Å². The normalized spacial score (nSPS) is 14.4. The lowest BCUT2D eigenvalue weighted by molar-refractivity contribution is -0.123. The van der Waals surface area contributed by atoms with Crippen LogP contribution in [0.25, 0.3) is 0 Å². The van der Waals surface area contributed by atoms with Crippen LogP contribution in [0, 0.1) is 5.92 Å². The molecule has 0 aromatic heterocycles. The zero-order valence-corrected chi connectivity index (χ0v) is 10.2. The number of rotatable bonds is 5. The maximum absolute atomic E-state index is 11.4. The predicted octanol–water partition coefficient (Wildman–Crippen LogP) is 1.83. The van der Waals surface area contributed by atoms with Crippen molar-refractivity contribution < 1.29 is 9.53 Å². The molecule has 0 aliphatic heterocycles. The number of hydrogen-bond acceptors (Lipinski definition) is 3. The first-order chi connectivity index (χ1) is 8.15. The topological polar surface area (TPSA) is 64.3 Å². The number of anilines is 1. The number of carbonyl (C=O) groups excluding carboxylic acids is 1. The van der Waals surface area contributed by atoms with Gasteiger partial charge in [-0.05, 0) is 30.9 Å². The van der Waals surface area contributed by atoms with Crippen LogP contribution in [-0.2, 0) is 4.79 Å². The van der Waals surface area contributed by atoms with Gasteiger partial charge in [0, 0.05) is 12.6 Å². The average Bonchev–Trinajstić information content (AvgIpc) is 3.12. The molecule has 4 nitrogen and oxygen atoms in total. The van der Waals surface area contributed by atoms with Crippen LogP contribution in [0.2, 0.25) is 5.02 Å². The summed E-state index contributed by atoms with van der Waals surface area (Å²) < 4.78 is 5.30. The summed E-state index contributed by atoms with van der Waals surface area (Å²) in [4.78, 5) is 11.4. The molecule has 0 heterocycles. The summed E-state index contributed by atoms with van der Waals surface area (Å²) in [5.74, 6) is 1.11. The molecule has 17 heavy (non-hydrogen) atoms. The van der Waals surface area contributed by atoms with Crippen LogP contribution in [-0.4, -0.2) is 19.1 Å². The van der Waals surface area contributed by atoms with Crippen LogP contribution in [0.4, 0.5) is 5.69 Å². The van der Waals surface area contributed by atoms with Crippen LogP contribution in [0.5, 0.6) is 5.75 Å². The molecule has 1 aliphatic carbocycles. The molecule has 3 N–H and O–H groups in total. The van der Waals surface area contributed by atoms with Crippen molar-refractivity contribution in [3.05, 3.63) is 23.2 Å². The highest BCUT2D eigenvalue weighted by Crippen LogP contribution is 2.27. The molecule has 1 saturated carbocycles. The third-order valence-corrected chi connectivity index (χ3v) is 2.95. The van der Waals surface area contributed by atoms with E-state index in [0.29, 0.717) is 22.4 Å². The second-order valence-corrected chi connectivity index (χ2v) is 4.63. The fourth-order valence-electron chi connectivity index (χ4n) is 1.38. The lowest BCUT2D eigenvalue weighted by atomic mass is 10.3. The standard InChI is InChI=1S/C12H15ClN2O2/c13-10-5-9(3-4-11(10)14)17-7-12(16)15-6-8-1-2-8/h3-5,8H,1-2,6-7,14H2,(H,15,16). The fraction of sp³-hybridized carbons (Fsp3) is 0.417. The first-order valence-electron chi connectivity index (χ1n) is 5.59. The number of nitrogens with one attached hydrogen (secondary N) is 1. The molecule has 1 amide bonds. The SMILES string of the molecule is Nc1ccc(OCC(=O)NCC2CC2)cc1Cl. The molecule has 1 aromatic rings. The molecule has 92 valence electrons. The molecule has 0 bridgehead atoms. The second kappa shape index (κ2) is 5.27. The first-order valence-corrected chi connectivity index (χ1v) is 5.97. The van der Waals surface area contributed by atoms with Crippen molar-refractivity contribution in [2.45, 2.75) is 12.8 Å². The molecule has 0 saturated heterocycles. The lowest BCUT2D eigenvalue weighted by Gasteiger charge is -2.08. The Balaban J connectivity index is 1.75. The average molecular weight is 255 g/mol. The van der Waals surface area contributed by atoms with Crippen molar-refractivity contribution in [1.82, 2.24) is 5.32 Å². The van der Waals surface area contributed by atoms with E-state index in [4.69, 9.17) is 22.1 Å². The van der Waals surface area contributed by atoms with Gasteiger partial charge in [-0.3, -0.25) is 4.79 Å². The van der Waals surface area contributed by atoms with Gasteiger partial charge >= 0.3 is 0 Å². The monoisotopic (exact) mass is 254 g/mol. The molecule has 2 rings (SSSR count). The van der Waals surface area contributed by atoms with E-state index in [-0.39, 0.29) is 12.5 Å². The maximum Gasteiger partial charge on any atom is 0.257 e. The van der Waals surface area contributed by atoms with E-state index in [9.17, 15) is 4.79 Å². The summed E-state index contributed by atoms with van der Waals surface area (Å²) in [5.41, 5.74) is 6.06. The number of halogens is 1. The minimum absolute atomic E-state index is 0.00691. The summed E-state index contributed by atoms with van der Waals surface area (Å²) in [6, 6.07) is 4.94. The van der Waals surface area contributed by atoms with Gasteiger partial charge in [0.25, 0.3) is 5.91 Å². The van der Waals surface area contributed by atoms with Gasteiger partial charge in [0.2, 0.25) is 0 Å². The second-order valence-electron chi connectivity index (χ2n) is 4.22. The molecule has 1 aromatic carbocycles. The van der Waals surface area contributed by atoms with E-state index in [0.717, 1.165) is 6.54 Å². The fourth-order valence-corrected chi connectivity index (χ4v) is 1.55. The summed E-state index contributed by atoms with van der Waals surface area (Å²) in [7, 11) is 0. The minimum atomic E-state index is -0.107. The molecule has 0 atom stereocenters. The predicted molar refractivity (Wildman–Crippen MR) is 67.1 cm³/mol. The number of nitrogens with two attached hydrogens (primary N) is 1. The Labute approximate surface area is 105 Å². The first kappa shape index (κ1) is 12.0. The Bertz CT molecular complexity index is 419. The third kappa shape index (κ3) is 3.82. The van der Waals surface area contributed by atoms with Gasteiger partial charge in [0.1, 0.15) is 5.75 Å². The van der Waals surface area contributed by atoms with Gasteiger partial charge in [-0.25, -0.2) is 0 Å². The molecular formula is C12H15ClN2O2. The summed E-state index contributed by atoms with van der Waals surface area (Å²) in [6.07, 6.45) is 2.43. The van der Waals surface area contributed by atoms with E-state index in [1.54, 1.807) is 18.2 Å². The van der Waals surface area contributed by atoms with Crippen LogP contribution in [0.1, 0.15) is 12.8 Å². The van der Waals surface area contributed by atoms with Gasteiger partial charge in [0.15, 0.2) is 6.61 Å². The number of hydrogen-bond donors (Lipinski definition) is 2. The van der Waals surface area contributed by atoms with E-state index >= 15 is 0 Å². The number of benzene rings is 1. The van der Waals surface area contributed by atoms with Gasteiger partial charge in [-0.15, -0.1) is 0 Å². The Kier molecular flexibility index (Phi) is 3.74. The Morgan fingerprint density at radius 2 is 2.29 bits per heavy atom. The van der Waals surface area contributed by atoms with Gasteiger partial charge < -0.3 is 15.8 Å². The van der Waals surface area contributed by atoms with Crippen molar-refractivity contribution in [1.29, 1.82) is 0 Å². The zero-order valence-electron chi connectivity index (χ0n) is 9.41. The molecule has 0 spiro atoms. The molecule has 1 aliphatic rings. The van der Waals surface area contributed by atoms with Crippen molar-refractivity contribution in [3.63, 3.8) is 0 Å². The van der Waals surface area contributed by atoms with Gasteiger partial charge in [-0.1, -0.05) is 11.6 Å². The Hall–Kier alpha value is -1.42. The summed E-state index contributed by atoms with van der Waals surface area (Å²) in [6.45, 7) is 0.762. The minimum Gasteiger partial charge on any atom is -0.484 e. The number of amides is 1. The Morgan fingerprint density at radius 1 is 1.53 bits per heavy atom. The van der Waals surface area contributed by atoms with Crippen molar-refractivity contribution in [2.75, 3.05) is 18.9 Å². The molecule has 0 unspecified atom stereocenters. The van der Waals surface area contributed by atoms with E-state index in [1.807, 2.05) is 0 Å². The highest BCUT2D eigenvalue weighted by molar-refractivity contribution is 6.33. The highest BCUT2D eigenvalue weighted by atomic mass is 35.5. The van der Waals surface area contributed by atoms with E-state index in [2.05, 4.69) is 5.32 Å². The van der Waals surface area contributed by atoms with Crippen LogP contribution in [0.15, 0.2) is 18.2 Å².